The molecule has 3 rings (SSSR count). The van der Waals surface area contributed by atoms with Gasteiger partial charge in [0.25, 0.3) is 0 Å². The largest absolute Gasteiger partial charge is 0.495 e. The first kappa shape index (κ1) is 20.9. The van der Waals surface area contributed by atoms with E-state index in [2.05, 4.69) is 5.32 Å². The normalized spacial score (nSPS) is 11.6. The molecular formula is C22H21ClN2O3S. The summed E-state index contributed by atoms with van der Waals surface area (Å²) in [4.78, 5) is 14.1. The number of nitrogens with one attached hydrogen (secondary N) is 1. The van der Waals surface area contributed by atoms with Gasteiger partial charge in [0.1, 0.15) is 16.7 Å². The van der Waals surface area contributed by atoms with E-state index in [1.165, 1.54) is 26.0 Å². The van der Waals surface area contributed by atoms with Crippen molar-refractivity contribution in [3.8, 4) is 11.5 Å². The quantitative estimate of drug-likeness (QED) is 0.388. The summed E-state index contributed by atoms with van der Waals surface area (Å²) in [5.41, 5.74) is 8.04. The van der Waals surface area contributed by atoms with E-state index in [-0.39, 0.29) is 5.91 Å². The highest BCUT2D eigenvalue weighted by Gasteiger charge is 2.24. The molecule has 0 fully saturated rings. The Labute approximate surface area is 179 Å². The molecule has 0 aliphatic carbocycles. The molecule has 1 atom stereocenters. The number of rotatable bonds is 7. The maximum atomic E-state index is 13.3. The number of thioether (sulfide) groups is 1. The van der Waals surface area contributed by atoms with Crippen molar-refractivity contribution in [3.05, 3.63) is 77.3 Å². The number of halogens is 1. The number of hydrogen-bond acceptors (Lipinski definition) is 5. The molecule has 3 aromatic carbocycles. The van der Waals surface area contributed by atoms with E-state index in [0.717, 1.165) is 10.5 Å². The number of carbonyl (C=O) groups excluding carboxylic acids is 1. The van der Waals surface area contributed by atoms with Gasteiger partial charge in [0.15, 0.2) is 0 Å². The Morgan fingerprint density at radius 1 is 1.00 bits per heavy atom. The number of carbonyl (C=O) groups is 1. The van der Waals surface area contributed by atoms with E-state index in [1.54, 1.807) is 12.1 Å². The van der Waals surface area contributed by atoms with E-state index < -0.39 is 5.25 Å². The van der Waals surface area contributed by atoms with Crippen LogP contribution >= 0.6 is 23.4 Å². The maximum absolute atomic E-state index is 13.3. The summed E-state index contributed by atoms with van der Waals surface area (Å²) in [5, 5.41) is 2.78. The molecule has 150 valence electrons. The first-order valence-electron chi connectivity index (χ1n) is 8.82. The minimum Gasteiger partial charge on any atom is -0.495 e. The molecule has 7 heteroatoms. The average Bonchev–Trinajstić information content (AvgIpc) is 2.74. The third-order valence-electron chi connectivity index (χ3n) is 4.24. The number of benzene rings is 3. The molecule has 0 saturated carbocycles. The number of anilines is 2. The van der Waals surface area contributed by atoms with Crippen LogP contribution in [0.3, 0.4) is 0 Å². The molecule has 1 amide bonds. The molecule has 0 saturated heterocycles. The molecule has 0 heterocycles. The molecular weight excluding hydrogens is 408 g/mol. The summed E-state index contributed by atoms with van der Waals surface area (Å²) in [6.07, 6.45) is 0. The molecule has 3 aromatic rings. The molecule has 0 aromatic heterocycles. The lowest BCUT2D eigenvalue weighted by atomic mass is 10.1. The molecule has 0 bridgehead atoms. The van der Waals surface area contributed by atoms with Crippen LogP contribution in [-0.2, 0) is 4.79 Å². The van der Waals surface area contributed by atoms with Gasteiger partial charge in [-0.05, 0) is 23.8 Å². The predicted molar refractivity (Wildman–Crippen MR) is 119 cm³/mol. The smallest absolute Gasteiger partial charge is 0.242 e. The third-order valence-corrected chi connectivity index (χ3v) is 5.88. The third kappa shape index (κ3) is 4.96. The van der Waals surface area contributed by atoms with Crippen LogP contribution in [-0.4, -0.2) is 20.1 Å². The van der Waals surface area contributed by atoms with Gasteiger partial charge in [-0.15, -0.1) is 11.8 Å². The van der Waals surface area contributed by atoms with Crippen LogP contribution in [0.4, 0.5) is 11.4 Å². The van der Waals surface area contributed by atoms with Crippen molar-refractivity contribution in [2.75, 3.05) is 25.3 Å². The summed E-state index contributed by atoms with van der Waals surface area (Å²) in [6.45, 7) is 0. The number of ether oxygens (including phenoxy) is 2. The number of para-hydroxylation sites is 1. The Morgan fingerprint density at radius 3 is 2.31 bits per heavy atom. The van der Waals surface area contributed by atoms with Gasteiger partial charge in [-0.2, -0.15) is 0 Å². The van der Waals surface area contributed by atoms with Gasteiger partial charge in [0.05, 0.1) is 24.9 Å². The van der Waals surface area contributed by atoms with Crippen LogP contribution in [0.15, 0.2) is 71.6 Å². The van der Waals surface area contributed by atoms with Crippen LogP contribution in [0.25, 0.3) is 0 Å². The Balaban J connectivity index is 1.93. The van der Waals surface area contributed by atoms with Crippen LogP contribution in [0.1, 0.15) is 10.8 Å². The average molecular weight is 429 g/mol. The van der Waals surface area contributed by atoms with E-state index in [9.17, 15) is 4.79 Å². The van der Waals surface area contributed by atoms with Crippen LogP contribution in [0.5, 0.6) is 11.5 Å². The Bertz CT molecular complexity index is 999. The molecule has 0 aliphatic heterocycles. The van der Waals surface area contributed by atoms with E-state index in [1.807, 2.05) is 54.6 Å². The van der Waals surface area contributed by atoms with Crippen LogP contribution in [0.2, 0.25) is 5.02 Å². The van der Waals surface area contributed by atoms with Gasteiger partial charge < -0.3 is 20.5 Å². The van der Waals surface area contributed by atoms with Gasteiger partial charge in [-0.25, -0.2) is 0 Å². The fourth-order valence-electron chi connectivity index (χ4n) is 2.77. The minimum absolute atomic E-state index is 0.219. The summed E-state index contributed by atoms with van der Waals surface area (Å²) in [5.74, 6) is 0.701. The molecule has 29 heavy (non-hydrogen) atoms. The second-order valence-electron chi connectivity index (χ2n) is 6.12. The maximum Gasteiger partial charge on any atom is 0.242 e. The Hall–Kier alpha value is -2.83. The zero-order chi connectivity index (χ0) is 20.8. The topological polar surface area (TPSA) is 73.6 Å². The molecule has 5 nitrogen and oxygen atoms in total. The van der Waals surface area contributed by atoms with Gasteiger partial charge >= 0.3 is 0 Å². The molecule has 3 N–H and O–H groups in total. The highest BCUT2D eigenvalue weighted by molar-refractivity contribution is 8.00. The van der Waals surface area contributed by atoms with E-state index >= 15 is 0 Å². The van der Waals surface area contributed by atoms with Crippen molar-refractivity contribution in [2.24, 2.45) is 0 Å². The standard InChI is InChI=1S/C22H21ClN2O3S/c1-27-18-13-19(28-2)17(12-15(18)23)25-22(26)21(14-8-4-3-5-9-14)29-20-11-7-6-10-16(20)24/h3-13,21H,24H2,1-2H3,(H,25,26)/t21-/m0/s1. The summed E-state index contributed by atoms with van der Waals surface area (Å²) in [6, 6.07) is 20.2. The lowest BCUT2D eigenvalue weighted by molar-refractivity contribution is -0.115. The second kappa shape index (κ2) is 9.58. The number of amides is 1. The summed E-state index contributed by atoms with van der Waals surface area (Å²) >= 11 is 7.62. The highest BCUT2D eigenvalue weighted by atomic mass is 35.5. The fourth-order valence-corrected chi connectivity index (χ4v) is 4.09. The second-order valence-corrected chi connectivity index (χ2v) is 7.68. The minimum atomic E-state index is -0.522. The van der Waals surface area contributed by atoms with E-state index in [4.69, 9.17) is 26.8 Å². The lowest BCUT2D eigenvalue weighted by Gasteiger charge is -2.19. The highest BCUT2D eigenvalue weighted by Crippen LogP contribution is 2.41. The van der Waals surface area contributed by atoms with Gasteiger partial charge in [-0.3, -0.25) is 4.79 Å². The first-order valence-corrected chi connectivity index (χ1v) is 10.1. The number of nitrogen functional groups attached to an aromatic ring is 1. The Kier molecular flexibility index (Phi) is 6.90. The van der Waals surface area contributed by atoms with Gasteiger partial charge in [-0.1, -0.05) is 54.1 Å². The van der Waals surface area contributed by atoms with Gasteiger partial charge in [0.2, 0.25) is 5.91 Å². The van der Waals surface area contributed by atoms with Crippen molar-refractivity contribution in [1.29, 1.82) is 0 Å². The van der Waals surface area contributed by atoms with Crippen molar-refractivity contribution in [3.63, 3.8) is 0 Å². The zero-order valence-corrected chi connectivity index (χ0v) is 17.6. The first-order chi connectivity index (χ1) is 14.0. The fraction of sp³-hybridized carbons (Fsp3) is 0.136. The number of nitrogens with two attached hydrogens (primary N) is 1. The zero-order valence-electron chi connectivity index (χ0n) is 16.0. The van der Waals surface area contributed by atoms with Crippen LogP contribution < -0.4 is 20.5 Å². The van der Waals surface area contributed by atoms with Crippen molar-refractivity contribution >= 4 is 40.6 Å². The number of methoxy groups -OCH3 is 2. The molecule has 0 spiro atoms. The SMILES string of the molecule is COc1cc(OC)c(NC(=O)[C@@H](Sc2ccccc2N)c2ccccc2)cc1Cl. The van der Waals surface area contributed by atoms with Crippen molar-refractivity contribution < 1.29 is 14.3 Å². The lowest BCUT2D eigenvalue weighted by Crippen LogP contribution is -2.19. The molecule has 0 radical (unpaired) electrons. The Morgan fingerprint density at radius 2 is 1.66 bits per heavy atom. The monoisotopic (exact) mass is 428 g/mol. The van der Waals surface area contributed by atoms with Crippen LogP contribution in [0, 0.1) is 0 Å². The molecule has 0 aliphatic rings. The number of hydrogen-bond donors (Lipinski definition) is 2. The predicted octanol–water partition coefficient (Wildman–Crippen LogP) is 5.41. The summed E-state index contributed by atoms with van der Waals surface area (Å²) in [7, 11) is 3.04. The van der Waals surface area contributed by atoms with Gasteiger partial charge in [0, 0.05) is 16.6 Å². The van der Waals surface area contributed by atoms with E-state index in [0.29, 0.717) is 27.9 Å². The van der Waals surface area contributed by atoms with Crippen molar-refractivity contribution in [1.82, 2.24) is 0 Å². The molecule has 0 unspecified atom stereocenters. The summed E-state index contributed by atoms with van der Waals surface area (Å²) < 4.78 is 10.6. The van der Waals surface area contributed by atoms with Crippen molar-refractivity contribution in [2.45, 2.75) is 10.1 Å².